The molecule has 0 aromatic heterocycles. The molecule has 0 spiro atoms. The lowest BCUT2D eigenvalue weighted by atomic mass is 10.0. The van der Waals surface area contributed by atoms with Crippen LogP contribution in [0.2, 0.25) is 0 Å². The topological polar surface area (TPSA) is 49.3 Å². The molecule has 110 valence electrons. The lowest BCUT2D eigenvalue weighted by molar-refractivity contribution is -0.139. The fourth-order valence-corrected chi connectivity index (χ4v) is 2.75. The van der Waals surface area contributed by atoms with E-state index in [9.17, 15) is 9.90 Å². The molecule has 0 amide bonds. The molecule has 0 fully saturated rings. The molecule has 0 bridgehead atoms. The fraction of sp³-hybridized carbons (Fsp3) is 0.235. The zero-order valence-corrected chi connectivity index (χ0v) is 13.4. The molecule has 2 atom stereocenters. The third-order valence-corrected chi connectivity index (χ3v) is 3.90. The second-order valence-corrected chi connectivity index (χ2v) is 5.78. The Morgan fingerprint density at radius 2 is 1.81 bits per heavy atom. The largest absolute Gasteiger partial charge is 0.480 e. The summed E-state index contributed by atoms with van der Waals surface area (Å²) < 4.78 is 0.992. The third kappa shape index (κ3) is 4.16. The van der Waals surface area contributed by atoms with Crippen molar-refractivity contribution in [1.29, 1.82) is 0 Å². The fourth-order valence-electron chi connectivity index (χ4n) is 2.33. The average molecular weight is 348 g/mol. The number of halogens is 1. The van der Waals surface area contributed by atoms with E-state index in [1.54, 1.807) is 0 Å². The number of carbonyl (C=O) groups is 1. The maximum Gasteiger partial charge on any atom is 0.325 e. The summed E-state index contributed by atoms with van der Waals surface area (Å²) in [6.07, 6.45) is 0.813. The van der Waals surface area contributed by atoms with Gasteiger partial charge in [0.25, 0.3) is 0 Å². The van der Waals surface area contributed by atoms with Crippen LogP contribution in [0.1, 0.15) is 36.6 Å². The first-order valence-corrected chi connectivity index (χ1v) is 7.70. The van der Waals surface area contributed by atoms with Crippen LogP contribution in [-0.4, -0.2) is 11.1 Å². The lowest BCUT2D eigenvalue weighted by Crippen LogP contribution is -2.31. The predicted octanol–water partition coefficient (Wildman–Crippen LogP) is 4.32. The zero-order valence-electron chi connectivity index (χ0n) is 11.8. The lowest BCUT2D eigenvalue weighted by Gasteiger charge is -2.23. The van der Waals surface area contributed by atoms with Gasteiger partial charge in [-0.05, 0) is 29.7 Å². The van der Waals surface area contributed by atoms with Gasteiger partial charge in [0, 0.05) is 10.5 Å². The van der Waals surface area contributed by atoms with E-state index < -0.39 is 12.0 Å². The Hall–Kier alpha value is -1.65. The van der Waals surface area contributed by atoms with E-state index in [0.717, 1.165) is 22.0 Å². The van der Waals surface area contributed by atoms with Crippen LogP contribution < -0.4 is 5.32 Å². The quantitative estimate of drug-likeness (QED) is 0.818. The summed E-state index contributed by atoms with van der Waals surface area (Å²) in [7, 11) is 0. The van der Waals surface area contributed by atoms with Crippen LogP contribution in [0.4, 0.5) is 0 Å². The molecule has 0 saturated heterocycles. The number of carboxylic acids is 1. The summed E-state index contributed by atoms with van der Waals surface area (Å²) >= 11 is 3.46. The smallest absolute Gasteiger partial charge is 0.325 e. The monoisotopic (exact) mass is 347 g/mol. The molecule has 4 heteroatoms. The van der Waals surface area contributed by atoms with Gasteiger partial charge in [-0.1, -0.05) is 65.3 Å². The maximum atomic E-state index is 11.6. The van der Waals surface area contributed by atoms with Crippen LogP contribution >= 0.6 is 15.9 Å². The summed E-state index contributed by atoms with van der Waals surface area (Å²) in [5.74, 6) is -0.866. The molecule has 2 N–H and O–H groups in total. The van der Waals surface area contributed by atoms with E-state index in [2.05, 4.69) is 21.2 Å². The highest BCUT2D eigenvalue weighted by molar-refractivity contribution is 9.10. The summed E-state index contributed by atoms with van der Waals surface area (Å²) in [5, 5.41) is 12.7. The molecule has 0 aliphatic carbocycles. The Kier molecular flexibility index (Phi) is 5.53. The van der Waals surface area contributed by atoms with Gasteiger partial charge >= 0.3 is 5.97 Å². The molecule has 2 aromatic carbocycles. The molecule has 0 radical (unpaired) electrons. The molecule has 0 aliphatic heterocycles. The van der Waals surface area contributed by atoms with Crippen molar-refractivity contribution in [2.24, 2.45) is 0 Å². The van der Waals surface area contributed by atoms with Crippen LogP contribution in [-0.2, 0) is 4.79 Å². The molecule has 0 heterocycles. The van der Waals surface area contributed by atoms with Crippen LogP contribution in [0.25, 0.3) is 0 Å². The third-order valence-electron chi connectivity index (χ3n) is 3.41. The second-order valence-electron chi connectivity index (χ2n) is 4.86. The van der Waals surface area contributed by atoms with Crippen molar-refractivity contribution >= 4 is 21.9 Å². The number of rotatable bonds is 6. The van der Waals surface area contributed by atoms with Gasteiger partial charge in [-0.25, -0.2) is 0 Å². The Morgan fingerprint density at radius 1 is 1.14 bits per heavy atom. The van der Waals surface area contributed by atoms with E-state index in [0.29, 0.717) is 0 Å². The standard InChI is InChI=1S/C17H18BrNO2/c1-2-15(13-9-6-10-14(18)11-13)19-16(17(20)21)12-7-4-3-5-8-12/h3-11,15-16,19H,2H2,1H3,(H,20,21). The minimum Gasteiger partial charge on any atom is -0.480 e. The number of benzene rings is 2. The van der Waals surface area contributed by atoms with Gasteiger partial charge < -0.3 is 5.11 Å². The summed E-state index contributed by atoms with van der Waals surface area (Å²) in [4.78, 5) is 11.6. The summed E-state index contributed by atoms with van der Waals surface area (Å²) in [6.45, 7) is 2.04. The number of aliphatic carboxylic acids is 1. The van der Waals surface area contributed by atoms with Gasteiger partial charge in [0.15, 0.2) is 0 Å². The van der Waals surface area contributed by atoms with Crippen molar-refractivity contribution in [2.45, 2.75) is 25.4 Å². The van der Waals surface area contributed by atoms with E-state index >= 15 is 0 Å². The number of hydrogen-bond acceptors (Lipinski definition) is 2. The van der Waals surface area contributed by atoms with Gasteiger partial charge in [-0.15, -0.1) is 0 Å². The first kappa shape index (κ1) is 15.7. The van der Waals surface area contributed by atoms with Gasteiger partial charge in [-0.2, -0.15) is 0 Å². The van der Waals surface area contributed by atoms with Crippen molar-refractivity contribution < 1.29 is 9.90 Å². The van der Waals surface area contributed by atoms with Crippen LogP contribution in [0.15, 0.2) is 59.1 Å². The van der Waals surface area contributed by atoms with E-state index in [-0.39, 0.29) is 6.04 Å². The first-order valence-electron chi connectivity index (χ1n) is 6.91. The maximum absolute atomic E-state index is 11.6. The minimum atomic E-state index is -0.866. The van der Waals surface area contributed by atoms with Crippen LogP contribution in [0.5, 0.6) is 0 Å². The second kappa shape index (κ2) is 7.38. The average Bonchev–Trinajstić information content (AvgIpc) is 2.49. The Labute approximate surface area is 133 Å². The molecule has 0 aliphatic rings. The highest BCUT2D eigenvalue weighted by Gasteiger charge is 2.23. The zero-order chi connectivity index (χ0) is 15.2. The van der Waals surface area contributed by atoms with Gasteiger partial charge in [0.1, 0.15) is 6.04 Å². The molecule has 0 saturated carbocycles. The molecule has 2 rings (SSSR count). The van der Waals surface area contributed by atoms with E-state index in [1.165, 1.54) is 0 Å². The molecule has 3 nitrogen and oxygen atoms in total. The minimum absolute atomic E-state index is 0.0104. The van der Waals surface area contributed by atoms with Gasteiger partial charge in [0.2, 0.25) is 0 Å². The summed E-state index contributed by atoms with van der Waals surface area (Å²) in [5.41, 5.74) is 1.84. The van der Waals surface area contributed by atoms with Crippen molar-refractivity contribution in [3.05, 3.63) is 70.2 Å². The van der Waals surface area contributed by atoms with E-state index in [1.807, 2.05) is 61.5 Å². The SMILES string of the molecule is CCC(NC(C(=O)O)c1ccccc1)c1cccc(Br)c1. The number of hydrogen-bond donors (Lipinski definition) is 2. The Bertz CT molecular complexity index is 601. The number of nitrogens with one attached hydrogen (secondary N) is 1. The Morgan fingerprint density at radius 3 is 2.38 bits per heavy atom. The molecule has 21 heavy (non-hydrogen) atoms. The molecular weight excluding hydrogens is 330 g/mol. The molecular formula is C17H18BrNO2. The van der Waals surface area contributed by atoms with E-state index in [4.69, 9.17) is 0 Å². The van der Waals surface area contributed by atoms with Crippen LogP contribution in [0.3, 0.4) is 0 Å². The van der Waals surface area contributed by atoms with Crippen molar-refractivity contribution in [2.75, 3.05) is 0 Å². The Balaban J connectivity index is 2.24. The van der Waals surface area contributed by atoms with Gasteiger partial charge in [-0.3, -0.25) is 10.1 Å². The highest BCUT2D eigenvalue weighted by Crippen LogP contribution is 2.24. The van der Waals surface area contributed by atoms with Crippen molar-refractivity contribution in [3.63, 3.8) is 0 Å². The van der Waals surface area contributed by atoms with Gasteiger partial charge in [0.05, 0.1) is 0 Å². The normalized spacial score (nSPS) is 13.6. The first-order chi connectivity index (χ1) is 10.1. The predicted molar refractivity (Wildman–Crippen MR) is 87.1 cm³/mol. The molecule has 2 unspecified atom stereocenters. The highest BCUT2D eigenvalue weighted by atomic mass is 79.9. The van der Waals surface area contributed by atoms with Crippen molar-refractivity contribution in [3.8, 4) is 0 Å². The van der Waals surface area contributed by atoms with Crippen molar-refractivity contribution in [1.82, 2.24) is 5.32 Å². The summed E-state index contributed by atoms with van der Waals surface area (Å²) in [6, 6.07) is 16.5. The number of carboxylic acid groups (broad SMARTS) is 1. The van der Waals surface area contributed by atoms with Crippen LogP contribution in [0, 0.1) is 0 Å². The molecule has 2 aromatic rings.